The van der Waals surface area contributed by atoms with E-state index in [9.17, 15) is 22.4 Å². The van der Waals surface area contributed by atoms with Crippen LogP contribution >= 0.6 is 0 Å². The number of amidine groups is 1. The minimum absolute atomic E-state index is 0.000514. The zero-order valence-corrected chi connectivity index (χ0v) is 15.3. The van der Waals surface area contributed by atoms with Gasteiger partial charge in [0.05, 0.1) is 5.56 Å². The van der Waals surface area contributed by atoms with Crippen molar-refractivity contribution in [2.45, 2.75) is 30.9 Å². The molecule has 1 aromatic carbocycles. The molecule has 30 heavy (non-hydrogen) atoms. The predicted molar refractivity (Wildman–Crippen MR) is 95.6 cm³/mol. The number of pyridine rings is 1. The number of benzene rings is 1. The van der Waals surface area contributed by atoms with Crippen molar-refractivity contribution >= 4 is 11.8 Å². The number of alkyl halides is 2. The van der Waals surface area contributed by atoms with Crippen molar-refractivity contribution in [2.75, 3.05) is 0 Å². The molecule has 0 amide bonds. The van der Waals surface area contributed by atoms with Gasteiger partial charge >= 0.3 is 0 Å². The Hall–Kier alpha value is -3.48. The van der Waals surface area contributed by atoms with E-state index in [0.29, 0.717) is 0 Å². The van der Waals surface area contributed by atoms with E-state index in [2.05, 4.69) is 9.98 Å². The molecule has 1 aromatic heterocycles. The zero-order valence-electron chi connectivity index (χ0n) is 15.3. The van der Waals surface area contributed by atoms with E-state index in [1.54, 1.807) is 0 Å². The Morgan fingerprint density at radius 2 is 2.13 bits per heavy atom. The third kappa shape index (κ3) is 3.16. The maximum absolute atomic E-state index is 14.6. The topological polar surface area (TPSA) is 101 Å². The van der Waals surface area contributed by atoms with Gasteiger partial charge in [-0.15, -0.1) is 0 Å². The lowest BCUT2D eigenvalue weighted by atomic mass is 9.83. The number of hydrogen-bond donors (Lipinski definition) is 1. The summed E-state index contributed by atoms with van der Waals surface area (Å²) in [5, 5.41) is 8.78. The molecule has 1 aliphatic carbocycles. The molecule has 0 spiro atoms. The summed E-state index contributed by atoms with van der Waals surface area (Å²) in [5.74, 6) is -4.25. The Bertz CT molecular complexity index is 1100. The molecule has 0 unspecified atom stereocenters. The van der Waals surface area contributed by atoms with Crippen LogP contribution < -0.4 is 5.73 Å². The van der Waals surface area contributed by atoms with Crippen molar-refractivity contribution in [3.8, 4) is 6.07 Å². The zero-order chi connectivity index (χ0) is 21.6. The fourth-order valence-corrected chi connectivity index (χ4v) is 3.74. The van der Waals surface area contributed by atoms with E-state index in [1.807, 2.05) is 6.07 Å². The first kappa shape index (κ1) is 19.8. The molecular weight excluding hydrogens is 404 g/mol. The van der Waals surface area contributed by atoms with Gasteiger partial charge in [-0.2, -0.15) is 5.26 Å². The molecule has 2 aromatic rings. The van der Waals surface area contributed by atoms with Crippen LogP contribution in [-0.2, 0) is 16.7 Å². The molecule has 0 saturated heterocycles. The van der Waals surface area contributed by atoms with Gasteiger partial charge in [-0.25, -0.2) is 22.6 Å². The van der Waals surface area contributed by atoms with Gasteiger partial charge in [0.1, 0.15) is 17.9 Å². The third-order valence-corrected chi connectivity index (χ3v) is 5.26. The van der Waals surface area contributed by atoms with Gasteiger partial charge in [0.15, 0.2) is 23.0 Å². The van der Waals surface area contributed by atoms with Crippen LogP contribution in [0.15, 0.2) is 35.5 Å². The number of aliphatic imine (C=N–C) groups is 1. The number of carbonyl (C=O) groups is 1. The highest BCUT2D eigenvalue weighted by Gasteiger charge is 2.64. The summed E-state index contributed by atoms with van der Waals surface area (Å²) in [6.07, 6.45) is -2.86. The van der Waals surface area contributed by atoms with Crippen LogP contribution in [0.4, 0.5) is 17.6 Å². The van der Waals surface area contributed by atoms with Crippen molar-refractivity contribution in [2.24, 2.45) is 16.6 Å². The van der Waals surface area contributed by atoms with Crippen LogP contribution in [0.25, 0.3) is 0 Å². The number of nitrogens with two attached hydrogens (primary N) is 1. The fourth-order valence-electron chi connectivity index (χ4n) is 3.74. The Morgan fingerprint density at radius 1 is 1.37 bits per heavy atom. The Kier molecular flexibility index (Phi) is 4.68. The number of aromatic nitrogens is 1. The van der Waals surface area contributed by atoms with E-state index in [1.165, 1.54) is 18.3 Å². The van der Waals surface area contributed by atoms with Crippen molar-refractivity contribution in [1.82, 2.24) is 4.98 Å². The van der Waals surface area contributed by atoms with Crippen LogP contribution in [-0.4, -0.2) is 29.3 Å². The van der Waals surface area contributed by atoms with Gasteiger partial charge in [-0.05, 0) is 36.2 Å². The molecule has 10 heteroatoms. The second-order valence-corrected chi connectivity index (χ2v) is 7.16. The molecule has 1 aliphatic heterocycles. The molecule has 4 rings (SSSR count). The average molecular weight is 418 g/mol. The van der Waals surface area contributed by atoms with Gasteiger partial charge in [0.25, 0.3) is 12.4 Å². The van der Waals surface area contributed by atoms with E-state index in [-0.39, 0.29) is 23.2 Å². The minimum atomic E-state index is -3.17. The lowest BCUT2D eigenvalue weighted by Crippen LogP contribution is -2.43. The lowest BCUT2D eigenvalue weighted by molar-refractivity contribution is 0.0172. The number of nitrogens with zero attached hydrogens (tertiary/aromatic N) is 3. The van der Waals surface area contributed by atoms with Crippen molar-refractivity contribution in [3.63, 3.8) is 0 Å². The van der Waals surface area contributed by atoms with Crippen LogP contribution in [0.1, 0.15) is 33.6 Å². The van der Waals surface area contributed by atoms with E-state index >= 15 is 0 Å². The summed E-state index contributed by atoms with van der Waals surface area (Å²) in [6, 6.07) is 5.84. The van der Waals surface area contributed by atoms with Crippen molar-refractivity contribution in [3.05, 3.63) is 64.5 Å². The van der Waals surface area contributed by atoms with E-state index in [4.69, 9.17) is 15.7 Å². The number of ketones is 1. The minimum Gasteiger partial charge on any atom is -0.462 e. The fraction of sp³-hybridized carbons (Fsp3) is 0.300. The summed E-state index contributed by atoms with van der Waals surface area (Å²) in [7, 11) is 0. The van der Waals surface area contributed by atoms with Gasteiger partial charge in [-0.1, -0.05) is 0 Å². The highest BCUT2D eigenvalue weighted by molar-refractivity contribution is 5.95. The second kappa shape index (κ2) is 7.09. The van der Waals surface area contributed by atoms with Crippen LogP contribution in [0.5, 0.6) is 0 Å². The van der Waals surface area contributed by atoms with Crippen LogP contribution in [0.2, 0.25) is 0 Å². The quantitative estimate of drug-likeness (QED) is 0.594. The largest absolute Gasteiger partial charge is 0.462 e. The predicted octanol–water partition coefficient (Wildman–Crippen LogP) is 2.85. The second-order valence-electron chi connectivity index (χ2n) is 7.16. The maximum atomic E-state index is 14.6. The molecule has 2 aliphatic rings. The van der Waals surface area contributed by atoms with Gasteiger partial charge < -0.3 is 10.5 Å². The average Bonchev–Trinajstić information content (AvgIpc) is 3.49. The van der Waals surface area contributed by atoms with Crippen LogP contribution in [0.3, 0.4) is 0 Å². The molecule has 1 fully saturated rings. The standard InChI is InChI=1S/C20H14F4N4O2/c21-13-4-10(5-15(29)14-2-1-9(7-25)8-27-14)3-12(17(13)22)20(18(23)24)11-6-16(11)30-19(26)28-20/h1-4,8,11,16,18H,5-6H2,(H2,26,28)/t11-,16+,20-/m1/s1. The number of fused-ring (bicyclic) bond motifs is 1. The van der Waals surface area contributed by atoms with E-state index < -0.39 is 59.4 Å². The summed E-state index contributed by atoms with van der Waals surface area (Å²) in [5.41, 5.74) is 2.68. The van der Waals surface area contributed by atoms with Gasteiger partial charge in [0, 0.05) is 24.1 Å². The number of carbonyl (C=O) groups excluding carboxylic acids is 1. The first-order valence-corrected chi connectivity index (χ1v) is 8.94. The highest BCUT2D eigenvalue weighted by Crippen LogP contribution is 2.56. The normalized spacial score (nSPS) is 24.5. The Labute approximate surface area is 168 Å². The number of nitriles is 1. The van der Waals surface area contributed by atoms with Gasteiger partial charge in [0.2, 0.25) is 0 Å². The molecule has 2 N–H and O–H groups in total. The summed E-state index contributed by atoms with van der Waals surface area (Å²) in [4.78, 5) is 20.0. The molecule has 2 heterocycles. The molecule has 6 nitrogen and oxygen atoms in total. The number of ether oxygens (including phenoxy) is 1. The number of rotatable bonds is 5. The molecular formula is C20H14F4N4O2. The Morgan fingerprint density at radius 3 is 2.77 bits per heavy atom. The SMILES string of the molecule is N#Cc1ccc(C(=O)Cc2cc(F)c(F)c([C@]3(C(F)F)N=C(N)O[C@H]4C[C@H]43)c2)nc1. The summed E-state index contributed by atoms with van der Waals surface area (Å²) >= 11 is 0. The molecule has 154 valence electrons. The Balaban J connectivity index is 1.73. The summed E-state index contributed by atoms with van der Waals surface area (Å²) < 4.78 is 62.4. The smallest absolute Gasteiger partial charge is 0.283 e. The summed E-state index contributed by atoms with van der Waals surface area (Å²) in [6.45, 7) is 0. The molecule has 3 atom stereocenters. The highest BCUT2D eigenvalue weighted by atomic mass is 19.3. The van der Waals surface area contributed by atoms with Crippen LogP contribution in [0, 0.1) is 28.9 Å². The van der Waals surface area contributed by atoms with Gasteiger partial charge in [-0.3, -0.25) is 9.78 Å². The maximum Gasteiger partial charge on any atom is 0.283 e. The van der Waals surface area contributed by atoms with Crippen molar-refractivity contribution in [1.29, 1.82) is 5.26 Å². The monoisotopic (exact) mass is 418 g/mol. The first-order valence-electron chi connectivity index (χ1n) is 8.94. The lowest BCUT2D eigenvalue weighted by Gasteiger charge is -2.33. The van der Waals surface area contributed by atoms with Crippen molar-refractivity contribution < 1.29 is 27.1 Å². The molecule has 1 saturated carbocycles. The number of hydrogen-bond acceptors (Lipinski definition) is 6. The third-order valence-electron chi connectivity index (χ3n) is 5.26. The molecule has 0 radical (unpaired) electrons. The van der Waals surface area contributed by atoms with E-state index in [0.717, 1.165) is 12.1 Å². The first-order chi connectivity index (χ1) is 14.3. The molecule has 0 bridgehead atoms. The number of halogens is 4. The number of Topliss-reactive ketones (excluding diaryl/α,β-unsaturated/α-hetero) is 1.